The third-order valence-electron chi connectivity index (χ3n) is 3.86. The van der Waals surface area contributed by atoms with Crippen molar-refractivity contribution in [2.45, 2.75) is 19.6 Å². The second kappa shape index (κ2) is 6.66. The summed E-state index contributed by atoms with van der Waals surface area (Å²) in [5.74, 6) is 0.398. The van der Waals surface area contributed by atoms with Crippen molar-refractivity contribution in [3.8, 4) is 11.4 Å². The number of nitrogens with zero attached hydrogens (tertiary/aromatic N) is 3. The highest BCUT2D eigenvalue weighted by atomic mass is 32.1. The molecule has 2 aromatic carbocycles. The molecule has 2 heterocycles. The van der Waals surface area contributed by atoms with Crippen LogP contribution in [0.5, 0.6) is 0 Å². The van der Waals surface area contributed by atoms with Crippen LogP contribution in [0.3, 0.4) is 0 Å². The number of nitrogens with one attached hydrogen (secondary N) is 1. The van der Waals surface area contributed by atoms with E-state index >= 15 is 0 Å². The van der Waals surface area contributed by atoms with Gasteiger partial charge in [0.1, 0.15) is 0 Å². The number of aromatic nitrogens is 3. The number of alkyl halides is 3. The smallest absolute Gasteiger partial charge is 0.376 e. The molecule has 0 amide bonds. The van der Waals surface area contributed by atoms with Crippen LogP contribution in [0.15, 0.2) is 47.0 Å². The van der Waals surface area contributed by atoms with Crippen molar-refractivity contribution in [1.29, 1.82) is 0 Å². The van der Waals surface area contributed by atoms with Crippen LogP contribution in [0.4, 0.5) is 18.9 Å². The van der Waals surface area contributed by atoms with Crippen LogP contribution in [0.2, 0.25) is 0 Å². The lowest BCUT2D eigenvalue weighted by Crippen LogP contribution is -2.04. The molecule has 5 nitrogen and oxygen atoms in total. The summed E-state index contributed by atoms with van der Waals surface area (Å²) >= 11 is 1.60. The zero-order chi connectivity index (χ0) is 19.0. The second-order valence-electron chi connectivity index (χ2n) is 5.86. The van der Waals surface area contributed by atoms with E-state index in [4.69, 9.17) is 4.52 Å². The Morgan fingerprint density at radius 3 is 2.78 bits per heavy atom. The van der Waals surface area contributed by atoms with Gasteiger partial charge in [0.25, 0.3) is 0 Å². The average Bonchev–Trinajstić information content (AvgIpc) is 3.24. The van der Waals surface area contributed by atoms with Gasteiger partial charge in [-0.1, -0.05) is 17.3 Å². The summed E-state index contributed by atoms with van der Waals surface area (Å²) in [7, 11) is 0. The first-order chi connectivity index (χ1) is 12.9. The number of fused-ring (bicyclic) bond motifs is 1. The molecule has 0 aliphatic rings. The molecule has 0 radical (unpaired) electrons. The molecule has 9 heteroatoms. The van der Waals surface area contributed by atoms with E-state index in [0.29, 0.717) is 0 Å². The fraction of sp³-hybridized carbons (Fsp3) is 0.167. The molecule has 0 aliphatic carbocycles. The molecule has 138 valence electrons. The van der Waals surface area contributed by atoms with E-state index in [1.807, 2.05) is 25.1 Å². The minimum Gasteiger partial charge on any atom is -0.376 e. The monoisotopic (exact) mass is 390 g/mol. The first-order valence-electron chi connectivity index (χ1n) is 8.00. The zero-order valence-corrected chi connectivity index (χ0v) is 14.9. The molecule has 2 aromatic heterocycles. The van der Waals surface area contributed by atoms with E-state index < -0.39 is 11.7 Å². The molecule has 4 rings (SSSR count). The normalized spacial score (nSPS) is 11.9. The summed E-state index contributed by atoms with van der Waals surface area (Å²) in [5, 5.41) is 7.93. The van der Waals surface area contributed by atoms with Gasteiger partial charge >= 0.3 is 6.18 Å². The number of thiazole rings is 1. The summed E-state index contributed by atoms with van der Waals surface area (Å²) in [6.45, 7) is 2.21. The van der Waals surface area contributed by atoms with Crippen LogP contribution in [0, 0.1) is 6.92 Å². The van der Waals surface area contributed by atoms with Gasteiger partial charge in [-0.25, -0.2) is 4.98 Å². The highest BCUT2D eigenvalue weighted by molar-refractivity contribution is 7.18. The number of hydrogen-bond acceptors (Lipinski definition) is 6. The van der Waals surface area contributed by atoms with Crippen LogP contribution in [0.25, 0.3) is 21.6 Å². The molecule has 0 atom stereocenters. The van der Waals surface area contributed by atoms with Crippen LogP contribution >= 0.6 is 11.3 Å². The van der Waals surface area contributed by atoms with Crippen LogP contribution in [-0.4, -0.2) is 15.1 Å². The summed E-state index contributed by atoms with van der Waals surface area (Å²) in [6.07, 6.45) is -4.42. The highest BCUT2D eigenvalue weighted by Crippen LogP contribution is 2.31. The maximum Gasteiger partial charge on any atom is 0.416 e. The molecule has 0 spiro atoms. The molecule has 0 saturated carbocycles. The van der Waals surface area contributed by atoms with Crippen molar-refractivity contribution in [3.05, 3.63) is 58.9 Å². The maximum absolute atomic E-state index is 12.8. The Morgan fingerprint density at radius 2 is 1.96 bits per heavy atom. The van der Waals surface area contributed by atoms with Gasteiger partial charge in [0, 0.05) is 11.3 Å². The lowest BCUT2D eigenvalue weighted by molar-refractivity contribution is -0.137. The van der Waals surface area contributed by atoms with E-state index in [1.54, 1.807) is 11.3 Å². The SMILES string of the molecule is Cc1nc2ccc(NCc3nc(-c4cccc(C(F)(F)F)c4)no3)cc2s1. The minimum atomic E-state index is -4.42. The summed E-state index contributed by atoms with van der Waals surface area (Å²) in [6, 6.07) is 10.6. The van der Waals surface area contributed by atoms with Gasteiger partial charge in [0.15, 0.2) is 0 Å². The Hall–Kier alpha value is -2.94. The Kier molecular flexibility index (Phi) is 4.31. The molecule has 0 aliphatic heterocycles. The van der Waals surface area contributed by atoms with Gasteiger partial charge in [-0.15, -0.1) is 11.3 Å². The Bertz CT molecular complexity index is 1100. The minimum absolute atomic E-state index is 0.117. The number of halogens is 3. The Balaban J connectivity index is 1.49. The lowest BCUT2D eigenvalue weighted by Gasteiger charge is -2.06. The van der Waals surface area contributed by atoms with E-state index in [2.05, 4.69) is 20.4 Å². The van der Waals surface area contributed by atoms with Crippen molar-refractivity contribution in [1.82, 2.24) is 15.1 Å². The standard InChI is InChI=1S/C18H13F3N4OS/c1-10-23-14-6-5-13(8-15(14)27-10)22-9-16-24-17(25-26-16)11-3-2-4-12(7-11)18(19,20)21/h2-8,22H,9H2,1H3. The van der Waals surface area contributed by atoms with Gasteiger partial charge in [-0.2, -0.15) is 18.2 Å². The van der Waals surface area contributed by atoms with E-state index in [0.717, 1.165) is 33.0 Å². The molecule has 1 N–H and O–H groups in total. The molecular weight excluding hydrogens is 377 g/mol. The van der Waals surface area contributed by atoms with Crippen molar-refractivity contribution in [3.63, 3.8) is 0 Å². The second-order valence-corrected chi connectivity index (χ2v) is 7.09. The third kappa shape index (κ3) is 3.77. The number of aryl methyl sites for hydroxylation is 1. The molecule has 4 aromatic rings. The van der Waals surface area contributed by atoms with Gasteiger partial charge in [0.2, 0.25) is 11.7 Å². The Labute approximate surface area is 155 Å². The molecule has 27 heavy (non-hydrogen) atoms. The highest BCUT2D eigenvalue weighted by Gasteiger charge is 2.30. The van der Waals surface area contributed by atoms with Crippen LogP contribution in [0.1, 0.15) is 16.5 Å². The van der Waals surface area contributed by atoms with Crippen molar-refractivity contribution in [2.24, 2.45) is 0 Å². The van der Waals surface area contributed by atoms with Crippen molar-refractivity contribution in [2.75, 3.05) is 5.32 Å². The zero-order valence-electron chi connectivity index (χ0n) is 14.0. The molecule has 0 fully saturated rings. The van der Waals surface area contributed by atoms with E-state index in [-0.39, 0.29) is 23.8 Å². The predicted octanol–water partition coefficient (Wildman–Crippen LogP) is 5.29. The van der Waals surface area contributed by atoms with Crippen LogP contribution < -0.4 is 5.32 Å². The predicted molar refractivity (Wildman–Crippen MR) is 96.4 cm³/mol. The summed E-state index contributed by atoms with van der Waals surface area (Å²) < 4.78 is 44.7. The molecular formula is C18H13F3N4OS. The fourth-order valence-electron chi connectivity index (χ4n) is 2.61. The fourth-order valence-corrected chi connectivity index (χ4v) is 3.47. The number of hydrogen-bond donors (Lipinski definition) is 1. The summed E-state index contributed by atoms with van der Waals surface area (Å²) in [5.41, 5.74) is 1.30. The van der Waals surface area contributed by atoms with Gasteiger partial charge < -0.3 is 9.84 Å². The topological polar surface area (TPSA) is 63.8 Å². The molecule has 0 unspecified atom stereocenters. The van der Waals surface area contributed by atoms with Gasteiger partial charge in [-0.3, -0.25) is 0 Å². The van der Waals surface area contributed by atoms with Crippen molar-refractivity contribution < 1.29 is 17.7 Å². The molecule has 0 bridgehead atoms. The largest absolute Gasteiger partial charge is 0.416 e. The Morgan fingerprint density at radius 1 is 1.11 bits per heavy atom. The summed E-state index contributed by atoms with van der Waals surface area (Å²) in [4.78, 5) is 8.57. The first kappa shape index (κ1) is 17.5. The first-order valence-corrected chi connectivity index (χ1v) is 8.81. The van der Waals surface area contributed by atoms with Gasteiger partial charge in [0.05, 0.1) is 27.3 Å². The van der Waals surface area contributed by atoms with Crippen molar-refractivity contribution >= 4 is 27.2 Å². The van der Waals surface area contributed by atoms with Gasteiger partial charge in [-0.05, 0) is 37.3 Å². The lowest BCUT2D eigenvalue weighted by atomic mass is 10.1. The van der Waals surface area contributed by atoms with Crippen LogP contribution in [-0.2, 0) is 12.7 Å². The molecule has 0 saturated heterocycles. The number of anilines is 1. The number of benzene rings is 2. The number of rotatable bonds is 4. The van der Waals surface area contributed by atoms with E-state index in [1.165, 1.54) is 12.1 Å². The van der Waals surface area contributed by atoms with E-state index in [9.17, 15) is 13.2 Å². The maximum atomic E-state index is 12.8. The quantitative estimate of drug-likeness (QED) is 0.513. The average molecular weight is 390 g/mol. The third-order valence-corrected chi connectivity index (χ3v) is 4.79.